The molecule has 2 rings (SSSR count). The normalized spacial score (nSPS) is 14.0. The van der Waals surface area contributed by atoms with E-state index in [1.165, 1.54) is 7.11 Å². The van der Waals surface area contributed by atoms with Crippen molar-refractivity contribution < 1.29 is 28.6 Å². The van der Waals surface area contributed by atoms with Crippen LogP contribution in [0.25, 0.3) is 0 Å². The third kappa shape index (κ3) is 6.30. The van der Waals surface area contributed by atoms with Gasteiger partial charge in [0.25, 0.3) is 0 Å². The first kappa shape index (κ1) is 22.4. The quantitative estimate of drug-likeness (QED) is 0.803. The highest BCUT2D eigenvalue weighted by molar-refractivity contribution is 6.10. The number of carbonyl (C=O) groups excluding carboxylic acids is 3. The minimum atomic E-state index is -0.997. The maximum Gasteiger partial charge on any atom is 0.425 e. The van der Waals surface area contributed by atoms with Gasteiger partial charge in [-0.05, 0) is 54.4 Å². The van der Waals surface area contributed by atoms with E-state index >= 15 is 0 Å². The van der Waals surface area contributed by atoms with Crippen LogP contribution in [0.4, 0.5) is 21.2 Å². The number of aromatic nitrogens is 2. The molecule has 0 atom stereocenters. The van der Waals surface area contributed by atoms with Gasteiger partial charge < -0.3 is 19.5 Å². The van der Waals surface area contributed by atoms with Crippen molar-refractivity contribution in [3.05, 3.63) is 6.33 Å². The molecule has 0 unspecified atom stereocenters. The van der Waals surface area contributed by atoms with Crippen LogP contribution >= 0.6 is 0 Å². The van der Waals surface area contributed by atoms with Crippen LogP contribution in [0.15, 0.2) is 6.33 Å². The van der Waals surface area contributed by atoms with Gasteiger partial charge in [0.05, 0.1) is 7.11 Å². The van der Waals surface area contributed by atoms with Crippen molar-refractivity contribution in [1.82, 2.24) is 9.97 Å². The lowest BCUT2D eigenvalue weighted by Gasteiger charge is -2.28. The van der Waals surface area contributed by atoms with Gasteiger partial charge in [0.2, 0.25) is 11.7 Å². The highest BCUT2D eigenvalue weighted by atomic mass is 16.6. The number of amides is 3. The molecule has 29 heavy (non-hydrogen) atoms. The van der Waals surface area contributed by atoms with Gasteiger partial charge in [0.1, 0.15) is 17.5 Å². The van der Waals surface area contributed by atoms with Crippen molar-refractivity contribution in [3.63, 3.8) is 0 Å². The Morgan fingerprint density at radius 2 is 1.52 bits per heavy atom. The molecule has 0 aromatic carbocycles. The van der Waals surface area contributed by atoms with E-state index in [9.17, 15) is 14.4 Å². The van der Waals surface area contributed by atoms with Crippen LogP contribution in [0, 0.1) is 5.92 Å². The highest BCUT2D eigenvalue weighted by Crippen LogP contribution is 2.36. The number of imide groups is 1. The van der Waals surface area contributed by atoms with Crippen molar-refractivity contribution in [2.24, 2.45) is 5.92 Å². The molecule has 1 N–H and O–H groups in total. The number of methoxy groups -OCH3 is 1. The maximum atomic E-state index is 12.8. The molecule has 1 aliphatic carbocycles. The second-order valence-electron chi connectivity index (χ2n) is 8.64. The van der Waals surface area contributed by atoms with E-state index in [1.807, 2.05) is 0 Å². The highest BCUT2D eigenvalue weighted by Gasteiger charge is 2.37. The number of hydrogen-bond acceptors (Lipinski definition) is 8. The van der Waals surface area contributed by atoms with Crippen LogP contribution in [0.5, 0.6) is 5.75 Å². The van der Waals surface area contributed by atoms with E-state index in [1.54, 1.807) is 41.5 Å². The van der Waals surface area contributed by atoms with E-state index in [0.717, 1.165) is 19.2 Å². The summed E-state index contributed by atoms with van der Waals surface area (Å²) in [7, 11) is 1.32. The number of nitrogens with zero attached hydrogens (tertiary/aromatic N) is 3. The molecule has 0 aliphatic heterocycles. The smallest absolute Gasteiger partial charge is 0.425 e. The monoisotopic (exact) mass is 408 g/mol. The Kier molecular flexibility index (Phi) is 6.34. The van der Waals surface area contributed by atoms with Gasteiger partial charge in [-0.25, -0.2) is 19.6 Å². The Morgan fingerprint density at radius 1 is 1.00 bits per heavy atom. The maximum absolute atomic E-state index is 12.8. The Balaban J connectivity index is 2.46. The predicted molar refractivity (Wildman–Crippen MR) is 105 cm³/mol. The van der Waals surface area contributed by atoms with Crippen molar-refractivity contribution in [3.8, 4) is 5.75 Å². The predicted octanol–water partition coefficient (Wildman–Crippen LogP) is 3.51. The second-order valence-corrected chi connectivity index (χ2v) is 8.64. The Labute approximate surface area is 169 Å². The van der Waals surface area contributed by atoms with Gasteiger partial charge in [-0.3, -0.25) is 4.79 Å². The molecular weight excluding hydrogens is 380 g/mol. The van der Waals surface area contributed by atoms with Gasteiger partial charge in [0.15, 0.2) is 11.6 Å². The summed E-state index contributed by atoms with van der Waals surface area (Å²) >= 11 is 0. The number of nitrogens with one attached hydrogen (secondary N) is 1. The van der Waals surface area contributed by atoms with E-state index in [-0.39, 0.29) is 29.2 Å². The lowest BCUT2D eigenvalue weighted by molar-refractivity contribution is -0.117. The zero-order valence-corrected chi connectivity index (χ0v) is 17.9. The average molecular weight is 408 g/mol. The molecule has 1 aromatic heterocycles. The van der Waals surface area contributed by atoms with Crippen LogP contribution in [0.3, 0.4) is 0 Å². The van der Waals surface area contributed by atoms with Gasteiger partial charge >= 0.3 is 12.2 Å². The SMILES string of the molecule is COc1c(NC(=O)C2CC2)ncnc1N(C(=O)OC(C)(C)C)C(=O)OC(C)(C)C. The van der Waals surface area contributed by atoms with Crippen molar-refractivity contribution in [2.75, 3.05) is 17.3 Å². The fourth-order valence-corrected chi connectivity index (χ4v) is 2.23. The van der Waals surface area contributed by atoms with Crippen LogP contribution in [0.1, 0.15) is 54.4 Å². The Morgan fingerprint density at radius 3 is 1.93 bits per heavy atom. The molecule has 10 nitrogen and oxygen atoms in total. The van der Waals surface area contributed by atoms with Crippen LogP contribution in [-0.4, -0.2) is 46.4 Å². The molecule has 0 saturated heterocycles. The number of rotatable bonds is 4. The van der Waals surface area contributed by atoms with Crippen molar-refractivity contribution in [1.29, 1.82) is 0 Å². The van der Waals surface area contributed by atoms with E-state index in [2.05, 4.69) is 15.3 Å². The molecule has 0 spiro atoms. The largest absolute Gasteiger partial charge is 0.490 e. The van der Waals surface area contributed by atoms with E-state index in [0.29, 0.717) is 4.90 Å². The fraction of sp³-hybridized carbons (Fsp3) is 0.632. The van der Waals surface area contributed by atoms with Crippen molar-refractivity contribution in [2.45, 2.75) is 65.6 Å². The summed E-state index contributed by atoms with van der Waals surface area (Å²) in [4.78, 5) is 46.4. The molecular formula is C19H28N4O6. The first-order valence-corrected chi connectivity index (χ1v) is 9.28. The zero-order valence-electron chi connectivity index (χ0n) is 17.9. The minimum absolute atomic E-state index is 0.0477. The third-order valence-corrected chi connectivity index (χ3v) is 3.54. The topological polar surface area (TPSA) is 120 Å². The van der Waals surface area contributed by atoms with Crippen LogP contribution in [-0.2, 0) is 14.3 Å². The fourth-order valence-electron chi connectivity index (χ4n) is 2.23. The van der Waals surface area contributed by atoms with Gasteiger partial charge in [-0.2, -0.15) is 4.90 Å². The minimum Gasteiger partial charge on any atom is -0.490 e. The summed E-state index contributed by atoms with van der Waals surface area (Å²) in [5, 5.41) is 2.65. The third-order valence-electron chi connectivity index (χ3n) is 3.54. The van der Waals surface area contributed by atoms with Crippen molar-refractivity contribution >= 4 is 29.7 Å². The van der Waals surface area contributed by atoms with E-state index in [4.69, 9.17) is 14.2 Å². The average Bonchev–Trinajstić information content (AvgIpc) is 3.36. The first-order chi connectivity index (χ1) is 13.3. The summed E-state index contributed by atoms with van der Waals surface area (Å²) in [5.41, 5.74) is -1.75. The van der Waals surface area contributed by atoms with Gasteiger partial charge in [-0.15, -0.1) is 0 Å². The van der Waals surface area contributed by atoms with Gasteiger partial charge in [0, 0.05) is 5.92 Å². The van der Waals surface area contributed by atoms with Crippen LogP contribution < -0.4 is 15.0 Å². The lowest BCUT2D eigenvalue weighted by atomic mass is 10.2. The molecule has 10 heteroatoms. The lowest BCUT2D eigenvalue weighted by Crippen LogP contribution is -2.44. The number of hydrogen-bond donors (Lipinski definition) is 1. The standard InChI is InChI=1S/C19H28N4O6/c1-18(2,3)28-16(25)23(17(26)29-19(4,5)6)14-12(27-7)13(20-10-21-14)22-15(24)11-8-9-11/h10-11H,8-9H2,1-7H3,(H,20,21,22,24). The molecule has 1 fully saturated rings. The molecule has 0 bridgehead atoms. The summed E-state index contributed by atoms with van der Waals surface area (Å²) in [6.07, 6.45) is 0.718. The molecule has 1 aromatic rings. The molecule has 1 heterocycles. The molecule has 1 saturated carbocycles. The second kappa shape index (κ2) is 8.22. The van der Waals surface area contributed by atoms with E-state index < -0.39 is 23.4 Å². The summed E-state index contributed by atoms with van der Waals surface area (Å²) in [5.74, 6) is -0.498. The first-order valence-electron chi connectivity index (χ1n) is 9.28. The summed E-state index contributed by atoms with van der Waals surface area (Å²) in [6, 6.07) is 0. The van der Waals surface area contributed by atoms with Crippen LogP contribution in [0.2, 0.25) is 0 Å². The summed E-state index contributed by atoms with van der Waals surface area (Å²) in [6.45, 7) is 9.98. The summed E-state index contributed by atoms with van der Waals surface area (Å²) < 4.78 is 16.0. The number of carbonyl (C=O) groups is 3. The molecule has 3 amide bonds. The Bertz CT molecular complexity index is 765. The Hall–Kier alpha value is -2.91. The molecule has 160 valence electrons. The molecule has 1 aliphatic rings. The zero-order chi connectivity index (χ0) is 22.0. The van der Waals surface area contributed by atoms with Gasteiger partial charge in [-0.1, -0.05) is 0 Å². The molecule has 0 radical (unpaired) electrons. The number of ether oxygens (including phenoxy) is 3. The number of anilines is 2.